The van der Waals surface area contributed by atoms with Gasteiger partial charge in [-0.15, -0.1) is 0 Å². The van der Waals surface area contributed by atoms with Gasteiger partial charge in [-0.1, -0.05) is 185 Å². The van der Waals surface area contributed by atoms with Crippen molar-refractivity contribution in [3.63, 3.8) is 0 Å². The van der Waals surface area contributed by atoms with Gasteiger partial charge in [0.1, 0.15) is 17.2 Å². The average Bonchev–Trinajstić information content (AvgIpc) is 1.49. The van der Waals surface area contributed by atoms with Gasteiger partial charge in [0, 0.05) is 64.6 Å². The van der Waals surface area contributed by atoms with E-state index >= 15 is 0 Å². The Labute approximate surface area is 491 Å². The number of nitriles is 1. The van der Waals surface area contributed by atoms with Gasteiger partial charge in [-0.25, -0.2) is 4.85 Å². The van der Waals surface area contributed by atoms with Gasteiger partial charge in [-0.3, -0.25) is 0 Å². The van der Waals surface area contributed by atoms with Crippen molar-refractivity contribution in [2.75, 3.05) is 0 Å². The maximum absolute atomic E-state index is 13.0. The second-order valence-corrected chi connectivity index (χ2v) is 23.7. The van der Waals surface area contributed by atoms with Crippen molar-refractivity contribution in [1.29, 1.82) is 5.26 Å². The molecular formula is C78H48N6O2. The molecule has 8 nitrogen and oxygen atoms in total. The Kier molecular flexibility index (Phi) is 9.76. The molecule has 18 aromatic rings. The molecule has 6 heterocycles. The van der Waals surface area contributed by atoms with Crippen molar-refractivity contribution in [1.82, 2.24) is 18.3 Å². The Bertz CT molecular complexity index is 5830. The van der Waals surface area contributed by atoms with Gasteiger partial charge in [0.25, 0.3) is 0 Å². The summed E-state index contributed by atoms with van der Waals surface area (Å²) < 4.78 is 23.5. The summed E-state index contributed by atoms with van der Waals surface area (Å²) >= 11 is 0. The molecule has 0 unspecified atom stereocenters. The molecule has 12 aromatic carbocycles. The molecule has 0 atom stereocenters. The molecular weight excluding hydrogens is 1050 g/mol. The second-order valence-electron chi connectivity index (χ2n) is 23.7. The Morgan fingerprint density at radius 3 is 1.28 bits per heavy atom. The highest BCUT2D eigenvalue weighted by Gasteiger charge is 2.36. The summed E-state index contributed by atoms with van der Waals surface area (Å²) in [6, 6.07) is 85.9. The molecule has 0 fully saturated rings. The fourth-order valence-corrected chi connectivity index (χ4v) is 14.4. The molecule has 6 aromatic heterocycles. The lowest BCUT2D eigenvalue weighted by Crippen LogP contribution is -2.15. The fraction of sp³-hybridized carbons (Fsp3) is 0.0513. The van der Waals surface area contributed by atoms with E-state index < -0.39 is 0 Å². The summed E-state index contributed by atoms with van der Waals surface area (Å²) in [6.07, 6.45) is 0. The van der Waals surface area contributed by atoms with Crippen LogP contribution in [-0.4, -0.2) is 18.3 Å². The van der Waals surface area contributed by atoms with Gasteiger partial charge < -0.3 is 27.1 Å². The molecule has 0 aliphatic rings. The van der Waals surface area contributed by atoms with E-state index in [2.05, 4.69) is 245 Å². The smallest absolute Gasteiger partial charge is 0.237 e. The van der Waals surface area contributed by atoms with Crippen LogP contribution < -0.4 is 0 Å². The van der Waals surface area contributed by atoms with Gasteiger partial charge in [-0.2, -0.15) is 5.26 Å². The summed E-state index contributed by atoms with van der Waals surface area (Å²) in [7, 11) is 0. The summed E-state index contributed by atoms with van der Waals surface area (Å²) in [5.74, 6) is 0. The molecule has 0 aliphatic heterocycles. The molecule has 18 rings (SSSR count). The molecule has 0 aliphatic carbocycles. The quantitative estimate of drug-likeness (QED) is 0.161. The van der Waals surface area contributed by atoms with Crippen LogP contribution in [0.5, 0.6) is 0 Å². The van der Waals surface area contributed by atoms with Gasteiger partial charge >= 0.3 is 0 Å². The average molecular weight is 1100 g/mol. The van der Waals surface area contributed by atoms with Crippen LogP contribution in [0, 0.1) is 17.9 Å². The summed E-state index contributed by atoms with van der Waals surface area (Å²) in [5, 5.41) is 24.8. The van der Waals surface area contributed by atoms with Crippen molar-refractivity contribution in [2.24, 2.45) is 0 Å². The summed E-state index contributed by atoms with van der Waals surface area (Å²) in [4.78, 5) is 4.91. The van der Waals surface area contributed by atoms with Crippen molar-refractivity contribution in [3.8, 4) is 39.9 Å². The number of hydrogen-bond donors (Lipinski definition) is 0. The van der Waals surface area contributed by atoms with Gasteiger partial charge in [0.15, 0.2) is 11.2 Å². The lowest BCUT2D eigenvalue weighted by atomic mass is 9.86. The molecule has 0 amide bonds. The minimum atomic E-state index is -0.198. The van der Waals surface area contributed by atoms with Crippen LogP contribution in [0.3, 0.4) is 0 Å². The highest BCUT2D eigenvalue weighted by Crippen LogP contribution is 2.54. The van der Waals surface area contributed by atoms with Crippen LogP contribution in [0.2, 0.25) is 0 Å². The van der Waals surface area contributed by atoms with E-state index in [4.69, 9.17) is 13.7 Å². The van der Waals surface area contributed by atoms with E-state index in [1.807, 2.05) is 36.4 Å². The van der Waals surface area contributed by atoms with Crippen LogP contribution in [0.4, 0.5) is 5.69 Å². The van der Waals surface area contributed by atoms with Crippen molar-refractivity contribution in [3.05, 3.63) is 259 Å². The largest absolute Gasteiger partial charge is 0.454 e. The van der Waals surface area contributed by atoms with Crippen LogP contribution in [0.25, 0.3) is 170 Å². The van der Waals surface area contributed by atoms with Gasteiger partial charge in [0.05, 0.1) is 79.0 Å². The maximum Gasteiger partial charge on any atom is 0.237 e. The standard InChI is InChI=1S/C78H48N6O2/c1-78(2,3)47-35-41-66-59(43-47)55-37-39-57-53-27-13-19-33-68(53)86-77(57)73(55)84(66)75-71(81-61-28-14-8-22-48(61)49-23-9-15-29-62(49)81)60(44-79)70(69(80-4)74(75)82-63-30-16-10-24-50(63)51-25-11-17-31-64(51)82)83-65-40-34-46(45-20-6-5-7-21-45)42-58(65)54-36-38-56-52-26-12-18-32-67(52)85-76(56)72(54)83/h5-43H,1-3H3. The number of benzene rings is 12. The summed E-state index contributed by atoms with van der Waals surface area (Å²) in [5.41, 5.74) is 15.7. The van der Waals surface area contributed by atoms with Gasteiger partial charge in [0.2, 0.25) is 5.69 Å². The molecule has 0 saturated heterocycles. The van der Waals surface area contributed by atoms with E-state index in [0.717, 1.165) is 131 Å². The minimum absolute atomic E-state index is 0.198. The van der Waals surface area contributed by atoms with E-state index in [0.29, 0.717) is 39.5 Å². The number of rotatable bonds is 5. The number of para-hydroxylation sites is 6. The van der Waals surface area contributed by atoms with E-state index in [1.165, 1.54) is 5.56 Å². The fourth-order valence-electron chi connectivity index (χ4n) is 14.4. The second kappa shape index (κ2) is 17.5. The predicted octanol–water partition coefficient (Wildman–Crippen LogP) is 21.3. The van der Waals surface area contributed by atoms with E-state index in [9.17, 15) is 11.8 Å². The zero-order chi connectivity index (χ0) is 57.3. The molecule has 0 bridgehead atoms. The third-order valence-corrected chi connectivity index (χ3v) is 18.2. The topological polar surface area (TPSA) is 74.2 Å². The van der Waals surface area contributed by atoms with Crippen LogP contribution >= 0.6 is 0 Å². The van der Waals surface area contributed by atoms with Crippen LogP contribution in [0.1, 0.15) is 31.9 Å². The number of aromatic nitrogens is 4. The maximum atomic E-state index is 13.0. The molecule has 0 saturated carbocycles. The van der Waals surface area contributed by atoms with Crippen molar-refractivity contribution < 1.29 is 8.83 Å². The molecule has 0 radical (unpaired) electrons. The Morgan fingerprint density at radius 1 is 0.360 bits per heavy atom. The number of fused-ring (bicyclic) bond motifs is 20. The number of hydrogen-bond acceptors (Lipinski definition) is 3. The third-order valence-electron chi connectivity index (χ3n) is 18.2. The third kappa shape index (κ3) is 6.39. The Hall–Kier alpha value is -11.6. The number of furan rings is 2. The normalized spacial score (nSPS) is 12.3. The summed E-state index contributed by atoms with van der Waals surface area (Å²) in [6.45, 7) is 16.9. The zero-order valence-corrected chi connectivity index (χ0v) is 47.0. The Morgan fingerprint density at radius 2 is 0.779 bits per heavy atom. The van der Waals surface area contributed by atoms with E-state index in [-0.39, 0.29) is 11.1 Å². The zero-order valence-electron chi connectivity index (χ0n) is 47.0. The lowest BCUT2D eigenvalue weighted by molar-refractivity contribution is 0.591. The first kappa shape index (κ1) is 48.0. The SMILES string of the molecule is [C-]#[N+]c1c(-n2c3ccccc3c3ccccc32)c(-n2c3ccc(C(C)(C)C)cc3c3ccc4c5ccccc5oc4c32)c(-n2c3ccccc3c3ccccc32)c(C#N)c1-n1c2ccc(-c3ccccc3)cc2c2ccc3c4ccccc4oc3c21. The number of nitrogens with zero attached hydrogens (tertiary/aromatic N) is 6. The first-order valence-electron chi connectivity index (χ1n) is 29.1. The highest BCUT2D eigenvalue weighted by atomic mass is 16.3. The minimum Gasteiger partial charge on any atom is -0.454 e. The van der Waals surface area contributed by atoms with Crippen molar-refractivity contribution in [2.45, 2.75) is 26.2 Å². The van der Waals surface area contributed by atoms with Gasteiger partial charge in [-0.05, 0) is 94.9 Å². The van der Waals surface area contributed by atoms with Crippen LogP contribution in [-0.2, 0) is 5.41 Å². The first-order chi connectivity index (χ1) is 42.3. The van der Waals surface area contributed by atoms with E-state index in [1.54, 1.807) is 0 Å². The molecule has 8 heteroatoms. The molecule has 86 heavy (non-hydrogen) atoms. The lowest BCUT2D eigenvalue weighted by Gasteiger charge is -2.27. The predicted molar refractivity (Wildman–Crippen MR) is 353 cm³/mol. The first-order valence-corrected chi connectivity index (χ1v) is 29.1. The van der Waals surface area contributed by atoms with Crippen LogP contribution in [0.15, 0.2) is 245 Å². The molecule has 0 spiro atoms. The molecule has 402 valence electrons. The van der Waals surface area contributed by atoms with Crippen molar-refractivity contribution >= 4 is 137 Å². The Balaban J connectivity index is 1.16. The monoisotopic (exact) mass is 1100 g/mol. The highest BCUT2D eigenvalue weighted by molar-refractivity contribution is 6.25. The molecule has 0 N–H and O–H groups in total.